The molecule has 0 saturated heterocycles. The summed E-state index contributed by atoms with van der Waals surface area (Å²) in [5.74, 6) is 0. The van der Waals surface area contributed by atoms with Crippen molar-refractivity contribution in [1.29, 1.82) is 0 Å². The third-order valence-electron chi connectivity index (χ3n) is 2.64. The van der Waals surface area contributed by atoms with Gasteiger partial charge in [-0.3, -0.25) is 9.78 Å². The van der Waals surface area contributed by atoms with Crippen molar-refractivity contribution in [2.45, 2.75) is 13.3 Å². The highest BCUT2D eigenvalue weighted by atomic mass is 35.5. The maximum Gasteiger partial charge on any atom is 0.325 e. The Balaban J connectivity index is 2.46. The van der Waals surface area contributed by atoms with Crippen LogP contribution in [-0.2, 0) is 6.42 Å². The van der Waals surface area contributed by atoms with Crippen molar-refractivity contribution in [2.24, 2.45) is 0 Å². The molecule has 0 aliphatic rings. The predicted octanol–water partition coefficient (Wildman–Crippen LogP) is 2.27. The van der Waals surface area contributed by atoms with Crippen LogP contribution in [0.3, 0.4) is 0 Å². The molecule has 1 aromatic heterocycles. The van der Waals surface area contributed by atoms with Gasteiger partial charge in [0.1, 0.15) is 0 Å². The van der Waals surface area contributed by atoms with Crippen molar-refractivity contribution in [3.8, 4) is 0 Å². The molecular formula is C12H10Cl2N2O2. The number of nitrogens with one attached hydrogen (secondary N) is 2. The molecule has 94 valence electrons. The Bertz CT molecular complexity index is 704. The van der Waals surface area contributed by atoms with Gasteiger partial charge in [-0.2, -0.15) is 0 Å². The van der Waals surface area contributed by atoms with Crippen molar-refractivity contribution in [1.82, 2.24) is 9.97 Å². The molecular weight excluding hydrogens is 275 g/mol. The van der Waals surface area contributed by atoms with Crippen molar-refractivity contribution in [3.63, 3.8) is 0 Å². The summed E-state index contributed by atoms with van der Waals surface area (Å²) in [6.07, 6.45) is 0.341. The summed E-state index contributed by atoms with van der Waals surface area (Å²) in [6, 6.07) is 5.08. The molecule has 0 aliphatic heterocycles. The lowest BCUT2D eigenvalue weighted by atomic mass is 10.1. The first kappa shape index (κ1) is 12.9. The Kier molecular flexibility index (Phi) is 3.59. The zero-order chi connectivity index (χ0) is 13.3. The third-order valence-corrected chi connectivity index (χ3v) is 3.22. The van der Waals surface area contributed by atoms with Crippen molar-refractivity contribution in [2.75, 3.05) is 0 Å². The van der Waals surface area contributed by atoms with Crippen molar-refractivity contribution in [3.05, 3.63) is 65.9 Å². The van der Waals surface area contributed by atoms with Crippen LogP contribution in [0.5, 0.6) is 0 Å². The van der Waals surface area contributed by atoms with E-state index in [1.54, 1.807) is 25.1 Å². The van der Waals surface area contributed by atoms with Crippen LogP contribution in [0.15, 0.2) is 27.8 Å². The summed E-state index contributed by atoms with van der Waals surface area (Å²) in [5.41, 5.74) is 0.890. The Morgan fingerprint density at radius 1 is 1.17 bits per heavy atom. The lowest BCUT2D eigenvalue weighted by molar-refractivity contribution is 0.934. The molecule has 2 aromatic rings. The molecule has 4 nitrogen and oxygen atoms in total. The summed E-state index contributed by atoms with van der Waals surface area (Å²) < 4.78 is 0. The van der Waals surface area contributed by atoms with Gasteiger partial charge in [0, 0.05) is 27.7 Å². The Labute approximate surface area is 113 Å². The molecule has 0 atom stereocenters. The number of rotatable bonds is 2. The molecule has 0 amide bonds. The number of aromatic amines is 2. The maximum atomic E-state index is 11.7. The zero-order valence-electron chi connectivity index (χ0n) is 9.51. The monoisotopic (exact) mass is 284 g/mol. The van der Waals surface area contributed by atoms with Crippen LogP contribution in [-0.4, -0.2) is 9.97 Å². The van der Waals surface area contributed by atoms with E-state index in [0.717, 1.165) is 5.56 Å². The van der Waals surface area contributed by atoms with Crippen LogP contribution in [0.2, 0.25) is 10.0 Å². The number of aryl methyl sites for hydroxylation is 1. The van der Waals surface area contributed by atoms with E-state index >= 15 is 0 Å². The highest BCUT2D eigenvalue weighted by Gasteiger charge is 2.09. The minimum Gasteiger partial charge on any atom is -0.311 e. The standard InChI is InChI=1S/C12H10Cl2N2O2/c1-6-9(11(17)16-12(18)15-6)4-7-2-3-8(13)5-10(7)14/h2-3,5H,4H2,1H3,(H2,15,16,17,18). The van der Waals surface area contributed by atoms with E-state index in [4.69, 9.17) is 23.2 Å². The molecule has 0 fully saturated rings. The minimum atomic E-state index is -0.511. The van der Waals surface area contributed by atoms with Gasteiger partial charge >= 0.3 is 5.69 Å². The predicted molar refractivity (Wildman–Crippen MR) is 71.7 cm³/mol. The molecule has 2 N–H and O–H groups in total. The molecule has 0 saturated carbocycles. The van der Waals surface area contributed by atoms with Gasteiger partial charge in [0.15, 0.2) is 0 Å². The van der Waals surface area contributed by atoms with Gasteiger partial charge in [-0.05, 0) is 24.6 Å². The normalized spacial score (nSPS) is 10.6. The molecule has 0 bridgehead atoms. The average Bonchev–Trinajstić information content (AvgIpc) is 2.25. The van der Waals surface area contributed by atoms with Gasteiger partial charge in [0.25, 0.3) is 5.56 Å². The molecule has 0 unspecified atom stereocenters. The molecule has 0 radical (unpaired) electrons. The fourth-order valence-electron chi connectivity index (χ4n) is 1.69. The second kappa shape index (κ2) is 5.00. The summed E-state index contributed by atoms with van der Waals surface area (Å²) in [6.45, 7) is 1.68. The van der Waals surface area contributed by atoms with E-state index in [0.29, 0.717) is 27.7 Å². The quantitative estimate of drug-likeness (QED) is 0.889. The first-order valence-electron chi connectivity index (χ1n) is 5.23. The second-order valence-corrected chi connectivity index (χ2v) is 4.77. The fraction of sp³-hybridized carbons (Fsp3) is 0.167. The van der Waals surface area contributed by atoms with Crippen LogP contribution >= 0.6 is 23.2 Å². The highest BCUT2D eigenvalue weighted by molar-refractivity contribution is 6.35. The van der Waals surface area contributed by atoms with E-state index in [1.807, 2.05) is 0 Å². The Hall–Kier alpha value is -1.52. The van der Waals surface area contributed by atoms with Gasteiger partial charge in [0.2, 0.25) is 0 Å². The van der Waals surface area contributed by atoms with Crippen LogP contribution in [0.4, 0.5) is 0 Å². The van der Waals surface area contributed by atoms with E-state index in [9.17, 15) is 9.59 Å². The molecule has 2 rings (SSSR count). The second-order valence-electron chi connectivity index (χ2n) is 3.92. The van der Waals surface area contributed by atoms with E-state index in [1.165, 1.54) is 0 Å². The van der Waals surface area contributed by atoms with Gasteiger partial charge in [-0.1, -0.05) is 29.3 Å². The minimum absolute atomic E-state index is 0.341. The van der Waals surface area contributed by atoms with Crippen LogP contribution in [0.25, 0.3) is 0 Å². The van der Waals surface area contributed by atoms with E-state index in [-0.39, 0.29) is 0 Å². The SMILES string of the molecule is Cc1[nH]c(=O)[nH]c(=O)c1Cc1ccc(Cl)cc1Cl. The number of benzene rings is 1. The van der Waals surface area contributed by atoms with Crippen LogP contribution in [0, 0.1) is 6.92 Å². The van der Waals surface area contributed by atoms with Gasteiger partial charge in [0.05, 0.1) is 0 Å². The largest absolute Gasteiger partial charge is 0.325 e. The van der Waals surface area contributed by atoms with E-state index in [2.05, 4.69) is 9.97 Å². The Morgan fingerprint density at radius 3 is 2.50 bits per heavy atom. The number of hydrogen-bond acceptors (Lipinski definition) is 2. The summed E-state index contributed by atoms with van der Waals surface area (Å²) in [4.78, 5) is 27.5. The van der Waals surface area contributed by atoms with Crippen LogP contribution in [0.1, 0.15) is 16.8 Å². The summed E-state index contributed by atoms with van der Waals surface area (Å²) >= 11 is 11.9. The van der Waals surface area contributed by atoms with E-state index < -0.39 is 11.2 Å². The zero-order valence-corrected chi connectivity index (χ0v) is 11.0. The van der Waals surface area contributed by atoms with Crippen LogP contribution < -0.4 is 11.2 Å². The highest BCUT2D eigenvalue weighted by Crippen LogP contribution is 2.22. The first-order chi connectivity index (χ1) is 8.47. The fourth-order valence-corrected chi connectivity index (χ4v) is 2.17. The first-order valence-corrected chi connectivity index (χ1v) is 5.99. The van der Waals surface area contributed by atoms with Gasteiger partial charge in [-0.15, -0.1) is 0 Å². The summed E-state index contributed by atoms with van der Waals surface area (Å²) in [7, 11) is 0. The molecule has 1 aromatic carbocycles. The van der Waals surface area contributed by atoms with Gasteiger partial charge < -0.3 is 4.98 Å². The lowest BCUT2D eigenvalue weighted by Crippen LogP contribution is -2.27. The third kappa shape index (κ3) is 2.66. The number of hydrogen-bond donors (Lipinski definition) is 2. The Morgan fingerprint density at radius 2 is 1.89 bits per heavy atom. The molecule has 0 spiro atoms. The lowest BCUT2D eigenvalue weighted by Gasteiger charge is -2.06. The molecule has 0 aliphatic carbocycles. The number of halogens is 2. The van der Waals surface area contributed by atoms with Crippen molar-refractivity contribution >= 4 is 23.2 Å². The number of H-pyrrole nitrogens is 2. The van der Waals surface area contributed by atoms with Crippen molar-refractivity contribution < 1.29 is 0 Å². The maximum absolute atomic E-state index is 11.7. The topological polar surface area (TPSA) is 65.7 Å². The average molecular weight is 285 g/mol. The number of aromatic nitrogens is 2. The smallest absolute Gasteiger partial charge is 0.311 e. The molecule has 18 heavy (non-hydrogen) atoms. The summed E-state index contributed by atoms with van der Waals surface area (Å²) in [5, 5.41) is 1.03. The van der Waals surface area contributed by atoms with Gasteiger partial charge in [-0.25, -0.2) is 4.79 Å². The molecule has 1 heterocycles. The molecule has 6 heteroatoms.